The fourth-order valence-corrected chi connectivity index (χ4v) is 3.95. The maximum absolute atomic E-state index is 10.8. The summed E-state index contributed by atoms with van der Waals surface area (Å²) in [5.74, 6) is 2.99. The zero-order chi connectivity index (χ0) is 25.9. The normalized spacial score (nSPS) is 16.7. The van der Waals surface area contributed by atoms with E-state index in [2.05, 4.69) is 33.9 Å². The Morgan fingerprint density at radius 3 is 2.61 bits per heavy atom. The van der Waals surface area contributed by atoms with Gasteiger partial charge in [-0.1, -0.05) is 24.8 Å². The van der Waals surface area contributed by atoms with Crippen molar-refractivity contribution in [2.75, 3.05) is 25.9 Å². The Kier molecular flexibility index (Phi) is 7.33. The molecule has 5 N–H and O–H groups in total. The summed E-state index contributed by atoms with van der Waals surface area (Å²) in [4.78, 5) is 6.49. The summed E-state index contributed by atoms with van der Waals surface area (Å²) < 4.78 is 7.51. The molecule has 1 aliphatic heterocycles. The number of nitrogens with two attached hydrogens (primary N) is 1. The summed E-state index contributed by atoms with van der Waals surface area (Å²) >= 11 is 0. The van der Waals surface area contributed by atoms with Gasteiger partial charge in [-0.05, 0) is 70.6 Å². The number of nitrogen functional groups attached to an aromatic ring is 1. The number of likely N-dealkylation sites (tertiary alicyclic amines) is 1. The van der Waals surface area contributed by atoms with Crippen molar-refractivity contribution in [3.63, 3.8) is 0 Å². The molecule has 0 amide bonds. The lowest BCUT2D eigenvalue weighted by molar-refractivity contribution is -0.303. The number of ether oxygens (including phenoxy) is 1. The highest BCUT2D eigenvalue weighted by atomic mass is 16.8. The Hall–Kier alpha value is -3.42. The van der Waals surface area contributed by atoms with E-state index >= 15 is 0 Å². The van der Waals surface area contributed by atoms with Crippen LogP contribution in [0.2, 0.25) is 0 Å². The second-order valence-corrected chi connectivity index (χ2v) is 9.52. The van der Waals surface area contributed by atoms with E-state index in [0.29, 0.717) is 23.6 Å². The molecular weight excluding hydrogens is 458 g/mol. The summed E-state index contributed by atoms with van der Waals surface area (Å²) in [5.41, 5.74) is 6.94. The highest BCUT2D eigenvalue weighted by Crippen LogP contribution is 2.32. The Bertz CT molecular complexity index is 1270. The standard InChI is InChI=1S/C27H33N5O4/c1-4-26(2,33)11-8-19-6-5-7-22(14-19)27(34,35)36-24-15-20(16-29-25(24)28)21-17-30-32(18-21)23-9-12-31(3)13-10-23/h5-7,14-18,23,33-35H,4,9-10,12-13H2,1-3H3,(H2,28,29). The molecule has 0 spiro atoms. The molecule has 0 aliphatic carbocycles. The predicted octanol–water partition coefficient (Wildman–Crippen LogP) is 2.48. The number of aliphatic hydroxyl groups is 3. The Balaban J connectivity index is 1.54. The summed E-state index contributed by atoms with van der Waals surface area (Å²) in [5, 5.41) is 36.2. The van der Waals surface area contributed by atoms with E-state index in [4.69, 9.17) is 10.5 Å². The number of pyridine rings is 1. The number of anilines is 1. The fourth-order valence-electron chi connectivity index (χ4n) is 3.95. The second-order valence-electron chi connectivity index (χ2n) is 9.52. The van der Waals surface area contributed by atoms with Crippen LogP contribution in [0.25, 0.3) is 11.1 Å². The monoisotopic (exact) mass is 491 g/mol. The number of hydrogen-bond acceptors (Lipinski definition) is 8. The van der Waals surface area contributed by atoms with Gasteiger partial charge in [0.1, 0.15) is 5.60 Å². The third-order valence-electron chi connectivity index (χ3n) is 6.53. The van der Waals surface area contributed by atoms with Crippen molar-refractivity contribution in [2.24, 2.45) is 0 Å². The molecular formula is C27H33N5O4. The first kappa shape index (κ1) is 25.7. The van der Waals surface area contributed by atoms with Crippen LogP contribution in [0.1, 0.15) is 50.3 Å². The van der Waals surface area contributed by atoms with Gasteiger partial charge in [0, 0.05) is 29.1 Å². The van der Waals surface area contributed by atoms with Gasteiger partial charge in [-0.2, -0.15) is 5.10 Å². The molecule has 0 radical (unpaired) electrons. The number of nitrogens with zero attached hydrogens (tertiary/aromatic N) is 4. The largest absolute Gasteiger partial charge is 0.432 e. The molecule has 1 atom stereocenters. The number of piperidine rings is 1. The van der Waals surface area contributed by atoms with Crippen molar-refractivity contribution < 1.29 is 20.1 Å². The number of aromatic nitrogens is 3. The summed E-state index contributed by atoms with van der Waals surface area (Å²) in [7, 11) is 2.12. The molecule has 190 valence electrons. The Labute approximate surface area is 211 Å². The van der Waals surface area contributed by atoms with Gasteiger partial charge in [0.2, 0.25) is 0 Å². The van der Waals surface area contributed by atoms with Gasteiger partial charge in [-0.25, -0.2) is 4.98 Å². The van der Waals surface area contributed by atoms with Gasteiger partial charge in [0.05, 0.1) is 17.8 Å². The minimum Gasteiger partial charge on any atom is -0.432 e. The maximum Gasteiger partial charge on any atom is 0.351 e. The van der Waals surface area contributed by atoms with E-state index in [1.807, 2.05) is 17.8 Å². The van der Waals surface area contributed by atoms with Crippen LogP contribution in [0.3, 0.4) is 0 Å². The maximum atomic E-state index is 10.8. The number of rotatable bonds is 6. The van der Waals surface area contributed by atoms with Crippen LogP contribution >= 0.6 is 0 Å². The van der Waals surface area contributed by atoms with Crippen molar-refractivity contribution in [1.82, 2.24) is 19.7 Å². The van der Waals surface area contributed by atoms with E-state index < -0.39 is 11.6 Å². The quantitative estimate of drug-likeness (QED) is 0.306. The minimum atomic E-state index is -2.68. The molecule has 3 aromatic rings. The SMILES string of the molecule is CCC(C)(O)C#Cc1cccc(C(O)(O)Oc2cc(-c3cnn(C4CCN(C)CC4)c3)cnc2N)c1. The van der Waals surface area contributed by atoms with E-state index in [9.17, 15) is 15.3 Å². The highest BCUT2D eigenvalue weighted by Gasteiger charge is 2.30. The zero-order valence-corrected chi connectivity index (χ0v) is 20.8. The van der Waals surface area contributed by atoms with Crippen LogP contribution in [-0.4, -0.2) is 60.7 Å². The number of benzene rings is 1. The van der Waals surface area contributed by atoms with Gasteiger partial charge >= 0.3 is 5.97 Å². The smallest absolute Gasteiger partial charge is 0.351 e. The van der Waals surface area contributed by atoms with Crippen molar-refractivity contribution in [1.29, 1.82) is 0 Å². The Morgan fingerprint density at radius 2 is 1.89 bits per heavy atom. The van der Waals surface area contributed by atoms with Gasteiger partial charge in [0.15, 0.2) is 11.6 Å². The fraction of sp³-hybridized carbons (Fsp3) is 0.407. The van der Waals surface area contributed by atoms with Crippen LogP contribution in [-0.2, 0) is 5.97 Å². The average Bonchev–Trinajstić information content (AvgIpc) is 3.35. The summed E-state index contributed by atoms with van der Waals surface area (Å²) in [6, 6.07) is 8.27. The topological polar surface area (TPSA) is 130 Å². The van der Waals surface area contributed by atoms with Crippen LogP contribution in [0.4, 0.5) is 5.82 Å². The van der Waals surface area contributed by atoms with Gasteiger partial charge in [-0.15, -0.1) is 0 Å². The summed E-state index contributed by atoms with van der Waals surface area (Å²) in [6.45, 7) is 5.51. The molecule has 1 saturated heterocycles. The van der Waals surface area contributed by atoms with Crippen molar-refractivity contribution in [3.05, 3.63) is 60.0 Å². The predicted molar refractivity (Wildman–Crippen MR) is 137 cm³/mol. The molecule has 9 nitrogen and oxygen atoms in total. The lowest BCUT2D eigenvalue weighted by atomic mass is 10.0. The molecule has 0 bridgehead atoms. The molecule has 36 heavy (non-hydrogen) atoms. The molecule has 1 aromatic carbocycles. The van der Waals surface area contributed by atoms with Crippen LogP contribution in [0.5, 0.6) is 5.75 Å². The molecule has 1 aliphatic rings. The van der Waals surface area contributed by atoms with Gasteiger partial charge in [0.25, 0.3) is 0 Å². The Morgan fingerprint density at radius 1 is 1.14 bits per heavy atom. The van der Waals surface area contributed by atoms with E-state index in [-0.39, 0.29) is 17.1 Å². The van der Waals surface area contributed by atoms with E-state index in [0.717, 1.165) is 31.5 Å². The molecule has 1 fully saturated rings. The molecule has 9 heteroatoms. The average molecular weight is 492 g/mol. The minimum absolute atomic E-state index is 0.0175. The molecule has 1 unspecified atom stereocenters. The van der Waals surface area contributed by atoms with Gasteiger partial charge in [-0.3, -0.25) is 4.68 Å². The first-order valence-corrected chi connectivity index (χ1v) is 12.0. The second kappa shape index (κ2) is 10.3. The highest BCUT2D eigenvalue weighted by molar-refractivity contribution is 5.66. The van der Waals surface area contributed by atoms with E-state index in [1.165, 1.54) is 12.1 Å². The van der Waals surface area contributed by atoms with Crippen molar-refractivity contribution in [3.8, 4) is 28.7 Å². The molecule has 2 aromatic heterocycles. The molecule has 3 heterocycles. The van der Waals surface area contributed by atoms with Crippen molar-refractivity contribution >= 4 is 5.82 Å². The van der Waals surface area contributed by atoms with Crippen LogP contribution < -0.4 is 10.5 Å². The van der Waals surface area contributed by atoms with Gasteiger partial charge < -0.3 is 30.7 Å². The summed E-state index contributed by atoms with van der Waals surface area (Å²) in [6.07, 6.45) is 7.85. The molecule has 4 rings (SSSR count). The molecule has 0 saturated carbocycles. The first-order chi connectivity index (χ1) is 17.1. The van der Waals surface area contributed by atoms with E-state index in [1.54, 1.807) is 37.5 Å². The third-order valence-corrected chi connectivity index (χ3v) is 6.53. The first-order valence-electron chi connectivity index (χ1n) is 12.0. The lowest BCUT2D eigenvalue weighted by Gasteiger charge is -2.28. The lowest BCUT2D eigenvalue weighted by Crippen LogP contribution is -2.32. The third kappa shape index (κ3) is 6.04. The van der Waals surface area contributed by atoms with Crippen LogP contribution in [0.15, 0.2) is 48.9 Å². The van der Waals surface area contributed by atoms with Crippen LogP contribution in [0, 0.1) is 11.8 Å². The number of hydrogen-bond donors (Lipinski definition) is 4. The van der Waals surface area contributed by atoms with Crippen molar-refractivity contribution in [2.45, 2.75) is 50.7 Å². The zero-order valence-electron chi connectivity index (χ0n) is 20.8.